The van der Waals surface area contributed by atoms with Crippen LogP contribution in [0.4, 0.5) is 6.01 Å². The SMILES string of the molecule is Cc1coc(NC(=O)C2C(C(=O)O)C2(C)C)n1. The number of anilines is 1. The van der Waals surface area contributed by atoms with Crippen LogP contribution in [0.3, 0.4) is 0 Å². The van der Waals surface area contributed by atoms with E-state index in [1.54, 1.807) is 20.8 Å². The van der Waals surface area contributed by atoms with Gasteiger partial charge in [0.1, 0.15) is 6.26 Å². The van der Waals surface area contributed by atoms with E-state index in [0.717, 1.165) is 0 Å². The minimum absolute atomic E-state index is 0.110. The summed E-state index contributed by atoms with van der Waals surface area (Å²) in [6.45, 7) is 5.26. The summed E-state index contributed by atoms with van der Waals surface area (Å²) in [5, 5.41) is 11.4. The van der Waals surface area contributed by atoms with Gasteiger partial charge in [-0.05, 0) is 12.3 Å². The maximum absolute atomic E-state index is 11.8. The fourth-order valence-corrected chi connectivity index (χ4v) is 2.18. The van der Waals surface area contributed by atoms with Gasteiger partial charge in [0.15, 0.2) is 0 Å². The van der Waals surface area contributed by atoms with E-state index in [0.29, 0.717) is 5.69 Å². The second-order valence-corrected chi connectivity index (χ2v) is 4.90. The zero-order chi connectivity index (χ0) is 12.8. The summed E-state index contributed by atoms with van der Waals surface area (Å²) in [6, 6.07) is 0.110. The van der Waals surface area contributed by atoms with Crippen molar-refractivity contribution in [1.82, 2.24) is 4.98 Å². The molecule has 2 rings (SSSR count). The lowest BCUT2D eigenvalue weighted by atomic mass is 10.1. The molecule has 0 saturated heterocycles. The molecule has 1 aliphatic carbocycles. The van der Waals surface area contributed by atoms with Crippen molar-refractivity contribution >= 4 is 17.9 Å². The number of aryl methyl sites for hydroxylation is 1. The number of carboxylic acid groups (broad SMARTS) is 1. The fraction of sp³-hybridized carbons (Fsp3) is 0.545. The molecule has 1 aromatic heterocycles. The van der Waals surface area contributed by atoms with Gasteiger partial charge in [-0.2, -0.15) is 4.98 Å². The number of rotatable bonds is 3. The number of aliphatic carboxylic acids is 1. The summed E-state index contributed by atoms with van der Waals surface area (Å²) < 4.78 is 4.99. The van der Waals surface area contributed by atoms with Gasteiger partial charge in [-0.3, -0.25) is 14.9 Å². The smallest absolute Gasteiger partial charge is 0.307 e. The average molecular weight is 238 g/mol. The maximum atomic E-state index is 11.8. The van der Waals surface area contributed by atoms with Crippen LogP contribution >= 0.6 is 0 Å². The number of oxazole rings is 1. The maximum Gasteiger partial charge on any atom is 0.307 e. The third-order valence-corrected chi connectivity index (χ3v) is 3.23. The molecule has 0 aliphatic heterocycles. The predicted octanol–water partition coefficient (Wildman–Crippen LogP) is 1.28. The molecule has 6 nitrogen and oxygen atoms in total. The molecule has 0 radical (unpaired) electrons. The zero-order valence-corrected chi connectivity index (χ0v) is 9.85. The van der Waals surface area contributed by atoms with Crippen LogP contribution in [0.5, 0.6) is 0 Å². The van der Waals surface area contributed by atoms with Crippen molar-refractivity contribution in [2.45, 2.75) is 20.8 Å². The molecule has 6 heteroatoms. The molecule has 0 bridgehead atoms. The number of nitrogens with one attached hydrogen (secondary N) is 1. The van der Waals surface area contributed by atoms with Gasteiger partial charge in [-0.1, -0.05) is 13.8 Å². The highest BCUT2D eigenvalue weighted by Gasteiger charge is 2.66. The first kappa shape index (κ1) is 11.6. The van der Waals surface area contributed by atoms with Crippen LogP contribution in [0.2, 0.25) is 0 Å². The average Bonchev–Trinajstić information content (AvgIpc) is 2.54. The summed E-state index contributed by atoms with van der Waals surface area (Å²) in [6.07, 6.45) is 1.42. The van der Waals surface area contributed by atoms with Gasteiger partial charge < -0.3 is 9.52 Å². The highest BCUT2D eigenvalue weighted by Crippen LogP contribution is 2.58. The molecule has 1 aliphatic rings. The Hall–Kier alpha value is -1.85. The van der Waals surface area contributed by atoms with E-state index in [4.69, 9.17) is 9.52 Å². The van der Waals surface area contributed by atoms with Gasteiger partial charge in [0.2, 0.25) is 5.91 Å². The Bertz CT molecular complexity index is 478. The predicted molar refractivity (Wildman–Crippen MR) is 58.3 cm³/mol. The number of carbonyl (C=O) groups is 2. The van der Waals surface area contributed by atoms with Crippen LogP contribution in [0.15, 0.2) is 10.7 Å². The molecule has 1 aromatic rings. The monoisotopic (exact) mass is 238 g/mol. The zero-order valence-electron chi connectivity index (χ0n) is 9.85. The first-order valence-electron chi connectivity index (χ1n) is 5.30. The number of hydrogen-bond acceptors (Lipinski definition) is 4. The Labute approximate surface area is 98.0 Å². The van der Waals surface area contributed by atoms with E-state index in [1.165, 1.54) is 6.26 Å². The molecule has 2 N–H and O–H groups in total. The summed E-state index contributed by atoms with van der Waals surface area (Å²) in [5.74, 6) is -2.48. The number of hydrogen-bond donors (Lipinski definition) is 2. The first-order valence-corrected chi connectivity index (χ1v) is 5.30. The van der Waals surface area contributed by atoms with E-state index in [9.17, 15) is 9.59 Å². The lowest BCUT2D eigenvalue weighted by Gasteiger charge is -2.01. The number of aromatic nitrogens is 1. The van der Waals surface area contributed by atoms with Gasteiger partial charge in [-0.15, -0.1) is 0 Å². The van der Waals surface area contributed by atoms with Crippen molar-refractivity contribution in [1.29, 1.82) is 0 Å². The summed E-state index contributed by atoms with van der Waals surface area (Å²) in [4.78, 5) is 26.7. The van der Waals surface area contributed by atoms with Crippen molar-refractivity contribution in [3.8, 4) is 0 Å². The Morgan fingerprint density at radius 3 is 2.53 bits per heavy atom. The van der Waals surface area contributed by atoms with Crippen LogP contribution in [0, 0.1) is 24.2 Å². The lowest BCUT2D eigenvalue weighted by Crippen LogP contribution is -2.17. The minimum Gasteiger partial charge on any atom is -0.481 e. The normalized spacial score (nSPS) is 25.4. The molecule has 0 spiro atoms. The molecule has 1 fully saturated rings. The third kappa shape index (κ3) is 1.90. The van der Waals surface area contributed by atoms with E-state index >= 15 is 0 Å². The highest BCUT2D eigenvalue weighted by atomic mass is 16.4. The van der Waals surface area contributed by atoms with Gasteiger partial charge in [0, 0.05) is 0 Å². The molecule has 2 atom stereocenters. The van der Waals surface area contributed by atoms with Gasteiger partial charge in [0.05, 0.1) is 17.5 Å². The lowest BCUT2D eigenvalue weighted by molar-refractivity contribution is -0.140. The molecule has 1 saturated carbocycles. The van der Waals surface area contributed by atoms with Crippen LogP contribution in [-0.4, -0.2) is 22.0 Å². The number of amides is 1. The van der Waals surface area contributed by atoms with E-state index in [1.807, 2.05) is 0 Å². The molecule has 1 amide bonds. The largest absolute Gasteiger partial charge is 0.481 e. The summed E-state index contributed by atoms with van der Waals surface area (Å²) in [5.41, 5.74) is 0.141. The van der Waals surface area contributed by atoms with E-state index in [-0.39, 0.29) is 11.9 Å². The van der Waals surface area contributed by atoms with Gasteiger partial charge in [-0.25, -0.2) is 0 Å². The third-order valence-electron chi connectivity index (χ3n) is 3.23. The molecule has 92 valence electrons. The quantitative estimate of drug-likeness (QED) is 0.827. The van der Waals surface area contributed by atoms with Crippen molar-refractivity contribution in [3.63, 3.8) is 0 Å². The summed E-state index contributed by atoms with van der Waals surface area (Å²) in [7, 11) is 0. The Morgan fingerprint density at radius 1 is 1.47 bits per heavy atom. The number of nitrogens with zero attached hydrogens (tertiary/aromatic N) is 1. The van der Waals surface area contributed by atoms with Crippen molar-refractivity contribution < 1.29 is 19.1 Å². The Kier molecular flexibility index (Phi) is 2.45. The topological polar surface area (TPSA) is 92.4 Å². The van der Waals surface area contributed by atoms with Gasteiger partial charge in [0.25, 0.3) is 0 Å². The Balaban J connectivity index is 2.05. The molecule has 0 aromatic carbocycles. The van der Waals surface area contributed by atoms with Gasteiger partial charge >= 0.3 is 12.0 Å². The highest BCUT2D eigenvalue weighted by molar-refractivity contribution is 5.98. The van der Waals surface area contributed by atoms with E-state index < -0.39 is 23.2 Å². The minimum atomic E-state index is -0.946. The second kappa shape index (κ2) is 3.58. The van der Waals surface area contributed by atoms with Crippen LogP contribution < -0.4 is 5.32 Å². The van der Waals surface area contributed by atoms with Crippen LogP contribution in [-0.2, 0) is 9.59 Å². The first-order chi connectivity index (χ1) is 7.84. The molecule has 17 heavy (non-hydrogen) atoms. The van der Waals surface area contributed by atoms with Crippen LogP contribution in [0.25, 0.3) is 0 Å². The fourth-order valence-electron chi connectivity index (χ4n) is 2.18. The standard InChI is InChI=1S/C11H14N2O4/c1-5-4-17-10(12-5)13-8(14)6-7(9(15)16)11(6,2)3/h4,6-7H,1-3H3,(H,15,16)(H,12,13,14). The van der Waals surface area contributed by atoms with Crippen molar-refractivity contribution in [2.24, 2.45) is 17.3 Å². The molecular formula is C11H14N2O4. The van der Waals surface area contributed by atoms with Crippen LogP contribution in [0.1, 0.15) is 19.5 Å². The van der Waals surface area contributed by atoms with Crippen molar-refractivity contribution in [3.05, 3.63) is 12.0 Å². The Morgan fingerprint density at radius 2 is 2.12 bits per heavy atom. The molecular weight excluding hydrogens is 224 g/mol. The number of carboxylic acids is 1. The molecule has 2 unspecified atom stereocenters. The van der Waals surface area contributed by atoms with Crippen molar-refractivity contribution in [2.75, 3.05) is 5.32 Å². The summed E-state index contributed by atoms with van der Waals surface area (Å²) >= 11 is 0. The number of carbonyl (C=O) groups excluding carboxylic acids is 1. The van der Waals surface area contributed by atoms with E-state index in [2.05, 4.69) is 10.3 Å². The second-order valence-electron chi connectivity index (χ2n) is 4.90. The molecule has 1 heterocycles.